The first-order valence-corrected chi connectivity index (χ1v) is 14.0. The van der Waals surface area contributed by atoms with E-state index in [1.54, 1.807) is 12.1 Å². The van der Waals surface area contributed by atoms with Gasteiger partial charge < -0.3 is 4.74 Å². The normalized spacial score (nSPS) is 11.8. The molecular formula is C34H35F5O. The summed E-state index contributed by atoms with van der Waals surface area (Å²) >= 11 is 0. The first kappa shape index (κ1) is 29.6. The number of ether oxygens (including phenoxy) is 1. The summed E-state index contributed by atoms with van der Waals surface area (Å²) in [5.74, 6) is -2.31. The van der Waals surface area contributed by atoms with Crippen molar-refractivity contribution in [2.45, 2.75) is 77.5 Å². The van der Waals surface area contributed by atoms with Gasteiger partial charge in [-0.3, -0.25) is 0 Å². The summed E-state index contributed by atoms with van der Waals surface area (Å²) < 4.78 is 70.0. The second kappa shape index (κ2) is 13.8. The van der Waals surface area contributed by atoms with Crippen LogP contribution in [0.25, 0.3) is 10.8 Å². The molecule has 4 aromatic carbocycles. The Labute approximate surface area is 233 Å². The Morgan fingerprint density at radius 1 is 0.600 bits per heavy atom. The molecule has 0 radical (unpaired) electrons. The molecule has 0 saturated heterocycles. The molecule has 0 fully saturated rings. The van der Waals surface area contributed by atoms with E-state index in [0.717, 1.165) is 42.3 Å². The van der Waals surface area contributed by atoms with Gasteiger partial charge in [0.2, 0.25) is 0 Å². The van der Waals surface area contributed by atoms with Crippen molar-refractivity contribution in [2.75, 3.05) is 0 Å². The summed E-state index contributed by atoms with van der Waals surface area (Å²) in [7, 11) is 0. The van der Waals surface area contributed by atoms with Gasteiger partial charge in [0.25, 0.3) is 0 Å². The number of alkyl halides is 3. The topological polar surface area (TPSA) is 9.23 Å². The lowest BCUT2D eigenvalue weighted by molar-refractivity contribution is -0.275. The Hall–Kier alpha value is -3.41. The van der Waals surface area contributed by atoms with Crippen LogP contribution in [0, 0.1) is 11.6 Å². The van der Waals surface area contributed by atoms with Crippen LogP contribution in [0.5, 0.6) is 5.75 Å². The van der Waals surface area contributed by atoms with Crippen LogP contribution >= 0.6 is 0 Å². The molecule has 0 saturated carbocycles. The van der Waals surface area contributed by atoms with Crippen molar-refractivity contribution >= 4 is 10.8 Å². The highest BCUT2D eigenvalue weighted by molar-refractivity contribution is 5.84. The molecular weight excluding hydrogens is 519 g/mol. The number of unbranched alkanes of at least 4 members (excludes halogenated alkanes) is 4. The fourth-order valence-electron chi connectivity index (χ4n) is 5.02. The molecule has 4 aromatic rings. The van der Waals surface area contributed by atoms with Crippen molar-refractivity contribution < 1.29 is 26.7 Å². The number of hydrogen-bond donors (Lipinski definition) is 0. The standard InChI is InChI=1S/C34H35F5O/c1-2-3-4-5-6-7-24-8-10-25(11-9-24)12-13-26-15-20-30-29(22-26)19-18-28(33(30)36)17-14-27-16-21-32(31(35)23-27)40-34(37,38)39/h8-11,15-16,18-23H,2-7,12-14,17H2,1H3. The first-order chi connectivity index (χ1) is 19.2. The van der Waals surface area contributed by atoms with Crippen molar-refractivity contribution in [3.63, 3.8) is 0 Å². The highest BCUT2D eigenvalue weighted by Gasteiger charge is 2.32. The number of halogens is 5. The third kappa shape index (κ3) is 8.54. The maximum atomic E-state index is 15.3. The van der Waals surface area contributed by atoms with Crippen LogP contribution in [-0.2, 0) is 32.1 Å². The molecule has 0 atom stereocenters. The van der Waals surface area contributed by atoms with Gasteiger partial charge in [0.1, 0.15) is 5.82 Å². The average molecular weight is 555 g/mol. The van der Waals surface area contributed by atoms with Crippen LogP contribution < -0.4 is 4.74 Å². The third-order valence-electron chi connectivity index (χ3n) is 7.30. The summed E-state index contributed by atoms with van der Waals surface area (Å²) in [6, 6.07) is 21.5. The Balaban J connectivity index is 1.32. The maximum Gasteiger partial charge on any atom is 0.573 e. The Kier molecular flexibility index (Phi) is 10.2. The zero-order chi connectivity index (χ0) is 28.5. The van der Waals surface area contributed by atoms with Gasteiger partial charge in [-0.1, -0.05) is 93.3 Å². The highest BCUT2D eigenvalue weighted by atomic mass is 19.4. The molecule has 0 aliphatic heterocycles. The van der Waals surface area contributed by atoms with Crippen LogP contribution in [0.4, 0.5) is 22.0 Å². The van der Waals surface area contributed by atoms with Gasteiger partial charge in [-0.25, -0.2) is 8.78 Å². The summed E-state index contributed by atoms with van der Waals surface area (Å²) in [6.45, 7) is 2.23. The minimum Gasteiger partial charge on any atom is -0.403 e. The molecule has 6 heteroatoms. The van der Waals surface area contributed by atoms with Crippen LogP contribution in [0.1, 0.15) is 66.8 Å². The molecule has 1 nitrogen and oxygen atoms in total. The highest BCUT2D eigenvalue weighted by Crippen LogP contribution is 2.28. The molecule has 212 valence electrons. The van der Waals surface area contributed by atoms with Crippen LogP contribution in [0.2, 0.25) is 0 Å². The van der Waals surface area contributed by atoms with E-state index in [2.05, 4.69) is 35.9 Å². The molecule has 0 bridgehead atoms. The van der Waals surface area contributed by atoms with Crippen LogP contribution in [-0.4, -0.2) is 6.36 Å². The molecule has 0 aliphatic carbocycles. The Morgan fingerprint density at radius 2 is 1.20 bits per heavy atom. The van der Waals surface area contributed by atoms with E-state index in [1.807, 2.05) is 18.2 Å². The van der Waals surface area contributed by atoms with E-state index < -0.39 is 17.9 Å². The zero-order valence-electron chi connectivity index (χ0n) is 22.8. The van der Waals surface area contributed by atoms with Crippen molar-refractivity contribution in [1.29, 1.82) is 0 Å². The number of aryl methyl sites for hydroxylation is 5. The van der Waals surface area contributed by atoms with E-state index >= 15 is 4.39 Å². The molecule has 0 heterocycles. The van der Waals surface area contributed by atoms with E-state index in [-0.39, 0.29) is 18.7 Å². The van der Waals surface area contributed by atoms with Gasteiger partial charge in [-0.2, -0.15) is 0 Å². The number of benzene rings is 4. The second-order valence-electron chi connectivity index (χ2n) is 10.4. The quantitative estimate of drug-likeness (QED) is 0.118. The average Bonchev–Trinajstić information content (AvgIpc) is 2.93. The molecule has 4 rings (SSSR count). The summed E-state index contributed by atoms with van der Waals surface area (Å²) in [4.78, 5) is 0. The van der Waals surface area contributed by atoms with Gasteiger partial charge in [0, 0.05) is 5.39 Å². The lowest BCUT2D eigenvalue weighted by Gasteiger charge is -2.11. The molecule has 0 aromatic heterocycles. The first-order valence-electron chi connectivity index (χ1n) is 14.0. The molecule has 0 spiro atoms. The fourth-order valence-corrected chi connectivity index (χ4v) is 5.02. The van der Waals surface area contributed by atoms with E-state index in [0.29, 0.717) is 16.5 Å². The molecule has 0 N–H and O–H groups in total. The predicted octanol–water partition coefficient (Wildman–Crippen LogP) is 10.1. The van der Waals surface area contributed by atoms with Gasteiger partial charge >= 0.3 is 6.36 Å². The van der Waals surface area contributed by atoms with E-state index in [9.17, 15) is 17.6 Å². The molecule has 40 heavy (non-hydrogen) atoms. The zero-order valence-corrected chi connectivity index (χ0v) is 22.8. The van der Waals surface area contributed by atoms with E-state index in [1.165, 1.54) is 49.3 Å². The molecule has 0 unspecified atom stereocenters. The lowest BCUT2D eigenvalue weighted by Crippen LogP contribution is -2.18. The summed E-state index contributed by atoms with van der Waals surface area (Å²) in [5, 5.41) is 1.33. The van der Waals surface area contributed by atoms with Crippen molar-refractivity contribution in [3.05, 3.63) is 112 Å². The Bertz CT molecular complexity index is 1390. The Morgan fingerprint density at radius 3 is 1.90 bits per heavy atom. The van der Waals surface area contributed by atoms with Gasteiger partial charge in [-0.15, -0.1) is 13.2 Å². The second-order valence-corrected chi connectivity index (χ2v) is 10.4. The monoisotopic (exact) mass is 554 g/mol. The van der Waals surface area contributed by atoms with Crippen molar-refractivity contribution in [2.24, 2.45) is 0 Å². The number of hydrogen-bond acceptors (Lipinski definition) is 1. The summed E-state index contributed by atoms with van der Waals surface area (Å²) in [5.41, 5.74) is 4.74. The number of rotatable bonds is 13. The smallest absolute Gasteiger partial charge is 0.403 e. The predicted molar refractivity (Wildman–Crippen MR) is 151 cm³/mol. The summed E-state index contributed by atoms with van der Waals surface area (Å²) in [6.07, 6.45) is 4.91. The minimum absolute atomic E-state index is 0.279. The van der Waals surface area contributed by atoms with Gasteiger partial charge in [0.05, 0.1) is 0 Å². The van der Waals surface area contributed by atoms with Gasteiger partial charge in [-0.05, 0) is 83.9 Å². The van der Waals surface area contributed by atoms with Crippen LogP contribution in [0.3, 0.4) is 0 Å². The van der Waals surface area contributed by atoms with E-state index in [4.69, 9.17) is 0 Å². The van der Waals surface area contributed by atoms with Crippen molar-refractivity contribution in [3.8, 4) is 5.75 Å². The van der Waals surface area contributed by atoms with Crippen molar-refractivity contribution in [1.82, 2.24) is 0 Å². The van der Waals surface area contributed by atoms with Gasteiger partial charge in [0.15, 0.2) is 11.6 Å². The number of fused-ring (bicyclic) bond motifs is 1. The molecule has 0 aliphatic rings. The van der Waals surface area contributed by atoms with Crippen LogP contribution in [0.15, 0.2) is 72.8 Å². The minimum atomic E-state index is -4.96. The third-order valence-corrected chi connectivity index (χ3v) is 7.30. The lowest BCUT2D eigenvalue weighted by atomic mass is 9.97. The molecule has 0 amide bonds. The fraction of sp³-hybridized carbons (Fsp3) is 0.353. The SMILES string of the molecule is CCCCCCCc1ccc(CCc2ccc3c(F)c(CCc4ccc(OC(F)(F)F)c(F)c4)ccc3c2)cc1. The maximum absolute atomic E-state index is 15.3. The largest absolute Gasteiger partial charge is 0.573 e.